The molecule has 0 aromatic heterocycles. The highest BCUT2D eigenvalue weighted by Crippen LogP contribution is 2.27. The molecule has 0 spiro atoms. The van der Waals surface area contributed by atoms with Gasteiger partial charge in [0, 0.05) is 17.2 Å². The van der Waals surface area contributed by atoms with Gasteiger partial charge in [-0.1, -0.05) is 91.0 Å². The standard InChI is InChI=1S/C30H32NO2/c1-31(2,21-25-12-6-3-7-13-25)22-28-18-29(32-23-26-14-8-4-9-15-26)20-30(19-28)33-24-27-16-10-5-11-17-27/h3-20H,21-24H2,1-2H3/q+1. The largest absolute Gasteiger partial charge is 0.489 e. The molecule has 4 aromatic rings. The fourth-order valence-electron chi connectivity index (χ4n) is 4.00. The molecule has 0 atom stereocenters. The predicted octanol–water partition coefficient (Wildman–Crippen LogP) is 6.62. The zero-order valence-electron chi connectivity index (χ0n) is 19.5. The molecule has 0 radical (unpaired) electrons. The van der Waals surface area contributed by atoms with E-state index >= 15 is 0 Å². The average molecular weight is 439 g/mol. The van der Waals surface area contributed by atoms with Crippen LogP contribution in [0.25, 0.3) is 0 Å². The van der Waals surface area contributed by atoms with Crippen LogP contribution in [-0.2, 0) is 26.3 Å². The Balaban J connectivity index is 1.51. The Morgan fingerprint density at radius 2 is 0.879 bits per heavy atom. The maximum Gasteiger partial charge on any atom is 0.124 e. The van der Waals surface area contributed by atoms with Gasteiger partial charge in [0.1, 0.15) is 37.8 Å². The predicted molar refractivity (Wildman–Crippen MR) is 134 cm³/mol. The molecule has 0 amide bonds. The molecule has 0 aliphatic carbocycles. The van der Waals surface area contributed by atoms with Crippen molar-refractivity contribution in [2.24, 2.45) is 0 Å². The van der Waals surface area contributed by atoms with Gasteiger partial charge < -0.3 is 14.0 Å². The number of nitrogens with zero attached hydrogens (tertiary/aromatic N) is 1. The van der Waals surface area contributed by atoms with Crippen molar-refractivity contribution in [3.05, 3.63) is 131 Å². The summed E-state index contributed by atoms with van der Waals surface area (Å²) in [6.45, 7) is 2.89. The number of ether oxygens (including phenoxy) is 2. The summed E-state index contributed by atoms with van der Waals surface area (Å²) < 4.78 is 13.2. The Morgan fingerprint density at radius 3 is 1.33 bits per heavy atom. The van der Waals surface area contributed by atoms with E-state index < -0.39 is 0 Å². The second kappa shape index (κ2) is 10.8. The zero-order chi connectivity index (χ0) is 22.9. The molecule has 0 saturated heterocycles. The Kier molecular flexibility index (Phi) is 7.43. The van der Waals surface area contributed by atoms with Crippen molar-refractivity contribution in [2.45, 2.75) is 26.3 Å². The highest BCUT2D eigenvalue weighted by molar-refractivity contribution is 5.38. The summed E-state index contributed by atoms with van der Waals surface area (Å²) in [5, 5.41) is 0. The van der Waals surface area contributed by atoms with Gasteiger partial charge in [0.05, 0.1) is 14.1 Å². The minimum Gasteiger partial charge on any atom is -0.489 e. The first-order valence-electron chi connectivity index (χ1n) is 11.4. The van der Waals surface area contributed by atoms with Crippen LogP contribution in [0.2, 0.25) is 0 Å². The van der Waals surface area contributed by atoms with E-state index in [4.69, 9.17) is 9.47 Å². The lowest BCUT2D eigenvalue weighted by Gasteiger charge is -2.30. The number of hydrogen-bond acceptors (Lipinski definition) is 2. The Bertz CT molecular complexity index is 1060. The fourth-order valence-corrected chi connectivity index (χ4v) is 4.00. The molecule has 3 heteroatoms. The van der Waals surface area contributed by atoms with Crippen LogP contribution in [0.3, 0.4) is 0 Å². The Morgan fingerprint density at radius 1 is 0.485 bits per heavy atom. The van der Waals surface area contributed by atoms with Gasteiger partial charge in [0.15, 0.2) is 0 Å². The number of rotatable bonds is 10. The lowest BCUT2D eigenvalue weighted by atomic mass is 10.1. The molecule has 3 nitrogen and oxygen atoms in total. The molecule has 0 bridgehead atoms. The number of benzene rings is 4. The fraction of sp³-hybridized carbons (Fsp3) is 0.200. The summed E-state index contributed by atoms with van der Waals surface area (Å²) >= 11 is 0. The van der Waals surface area contributed by atoms with E-state index in [9.17, 15) is 0 Å². The number of quaternary nitrogens is 1. The highest BCUT2D eigenvalue weighted by atomic mass is 16.5. The normalized spacial score (nSPS) is 11.2. The molecule has 0 fully saturated rings. The van der Waals surface area contributed by atoms with E-state index in [-0.39, 0.29) is 0 Å². The van der Waals surface area contributed by atoms with Crippen LogP contribution in [0, 0.1) is 0 Å². The maximum absolute atomic E-state index is 6.17. The van der Waals surface area contributed by atoms with Gasteiger partial charge in [-0.25, -0.2) is 0 Å². The van der Waals surface area contributed by atoms with E-state index in [1.54, 1.807) is 0 Å². The highest BCUT2D eigenvalue weighted by Gasteiger charge is 2.18. The van der Waals surface area contributed by atoms with Gasteiger partial charge in [-0.15, -0.1) is 0 Å². The molecule has 0 aliphatic rings. The first-order valence-corrected chi connectivity index (χ1v) is 11.4. The van der Waals surface area contributed by atoms with Crippen molar-refractivity contribution in [3.63, 3.8) is 0 Å². The lowest BCUT2D eigenvalue weighted by molar-refractivity contribution is -0.916. The maximum atomic E-state index is 6.17. The quantitative estimate of drug-likeness (QED) is 0.259. The monoisotopic (exact) mass is 438 g/mol. The molecule has 0 unspecified atom stereocenters. The van der Waals surface area contributed by atoms with Crippen molar-refractivity contribution >= 4 is 0 Å². The topological polar surface area (TPSA) is 18.5 Å². The molecule has 0 heterocycles. The molecule has 0 aliphatic heterocycles. The zero-order valence-corrected chi connectivity index (χ0v) is 19.5. The molecule has 4 aromatic carbocycles. The van der Waals surface area contributed by atoms with Gasteiger partial charge >= 0.3 is 0 Å². The third-order valence-corrected chi connectivity index (χ3v) is 5.50. The summed E-state index contributed by atoms with van der Waals surface area (Å²) in [4.78, 5) is 0. The van der Waals surface area contributed by atoms with Gasteiger partial charge in [-0.3, -0.25) is 0 Å². The summed E-state index contributed by atoms with van der Waals surface area (Å²) in [6, 6.07) is 37.4. The van der Waals surface area contributed by atoms with Crippen LogP contribution in [-0.4, -0.2) is 18.6 Å². The minimum absolute atomic E-state index is 0.532. The smallest absolute Gasteiger partial charge is 0.124 e. The second-order valence-corrected chi connectivity index (χ2v) is 9.10. The first-order chi connectivity index (χ1) is 16.1. The molecule has 33 heavy (non-hydrogen) atoms. The summed E-state index contributed by atoms with van der Waals surface area (Å²) in [5.41, 5.74) is 4.83. The van der Waals surface area contributed by atoms with Crippen molar-refractivity contribution in [1.29, 1.82) is 0 Å². The van der Waals surface area contributed by atoms with Crippen LogP contribution in [0.1, 0.15) is 22.3 Å². The summed E-state index contributed by atoms with van der Waals surface area (Å²) in [7, 11) is 4.52. The second-order valence-electron chi connectivity index (χ2n) is 9.10. The van der Waals surface area contributed by atoms with Crippen molar-refractivity contribution in [2.75, 3.05) is 14.1 Å². The molecule has 0 N–H and O–H groups in total. The van der Waals surface area contributed by atoms with E-state index in [0.717, 1.165) is 40.2 Å². The van der Waals surface area contributed by atoms with Crippen LogP contribution in [0.5, 0.6) is 11.5 Å². The molecule has 168 valence electrons. The average Bonchev–Trinajstić information content (AvgIpc) is 2.83. The van der Waals surface area contributed by atoms with Gasteiger partial charge in [-0.05, 0) is 23.3 Å². The molecular weight excluding hydrogens is 406 g/mol. The van der Waals surface area contributed by atoms with Gasteiger partial charge in [0.25, 0.3) is 0 Å². The Hall–Kier alpha value is -3.56. The van der Waals surface area contributed by atoms with Gasteiger partial charge in [-0.2, -0.15) is 0 Å². The Labute approximate surface area is 197 Å². The van der Waals surface area contributed by atoms with Crippen molar-refractivity contribution < 1.29 is 14.0 Å². The molecule has 0 saturated carbocycles. The third-order valence-electron chi connectivity index (χ3n) is 5.50. The van der Waals surface area contributed by atoms with Crippen LogP contribution in [0.15, 0.2) is 109 Å². The first kappa shape index (κ1) is 22.6. The van der Waals surface area contributed by atoms with Gasteiger partial charge in [0.2, 0.25) is 0 Å². The van der Waals surface area contributed by atoms with Crippen molar-refractivity contribution in [1.82, 2.24) is 0 Å². The van der Waals surface area contributed by atoms with E-state index in [1.807, 2.05) is 42.5 Å². The third kappa shape index (κ3) is 7.23. The molecule has 4 rings (SSSR count). The summed E-state index contributed by atoms with van der Waals surface area (Å²) in [6.07, 6.45) is 0. The van der Waals surface area contributed by atoms with Crippen LogP contribution >= 0.6 is 0 Å². The SMILES string of the molecule is C[N+](C)(Cc1ccccc1)Cc1cc(OCc2ccccc2)cc(OCc2ccccc2)c1. The summed E-state index contributed by atoms with van der Waals surface area (Å²) in [5.74, 6) is 1.67. The van der Waals surface area contributed by atoms with E-state index in [2.05, 4.69) is 80.8 Å². The van der Waals surface area contributed by atoms with Crippen LogP contribution < -0.4 is 9.47 Å². The minimum atomic E-state index is 0.532. The lowest BCUT2D eigenvalue weighted by Crippen LogP contribution is -2.37. The number of hydrogen-bond donors (Lipinski definition) is 0. The van der Waals surface area contributed by atoms with Crippen molar-refractivity contribution in [3.8, 4) is 11.5 Å². The van der Waals surface area contributed by atoms with Crippen LogP contribution in [0.4, 0.5) is 0 Å². The van der Waals surface area contributed by atoms with E-state index in [1.165, 1.54) is 11.1 Å². The van der Waals surface area contributed by atoms with E-state index in [0.29, 0.717) is 13.2 Å². The molecular formula is C30H32NO2+.